The molecule has 23 heavy (non-hydrogen) atoms. The van der Waals surface area contributed by atoms with E-state index in [2.05, 4.69) is 0 Å². The summed E-state index contributed by atoms with van der Waals surface area (Å²) in [6.45, 7) is 4.08. The quantitative estimate of drug-likeness (QED) is 0.800. The van der Waals surface area contributed by atoms with Gasteiger partial charge in [0, 0.05) is 31.0 Å². The van der Waals surface area contributed by atoms with E-state index in [1.54, 1.807) is 0 Å². The molecule has 1 unspecified atom stereocenters. The minimum absolute atomic E-state index is 0.0606. The minimum atomic E-state index is -0.127. The van der Waals surface area contributed by atoms with Crippen LogP contribution in [-0.4, -0.2) is 43.1 Å². The molecule has 5 nitrogen and oxygen atoms in total. The zero-order chi connectivity index (χ0) is 16.2. The first-order chi connectivity index (χ1) is 11.2. The molecular weight excluding hydrogens is 294 g/mol. The number of likely N-dealkylation sites (tertiary alicyclic amines) is 1. The normalized spacial score (nSPS) is 20.7. The van der Waals surface area contributed by atoms with Crippen molar-refractivity contribution in [2.45, 2.75) is 32.1 Å². The van der Waals surface area contributed by atoms with Crippen molar-refractivity contribution in [3.8, 4) is 5.75 Å². The molecule has 2 heterocycles. The second kappa shape index (κ2) is 7.02. The molecule has 2 aliphatic heterocycles. The average molecular weight is 317 g/mol. The number of ether oxygens (including phenoxy) is 2. The zero-order valence-electron chi connectivity index (χ0n) is 13.5. The van der Waals surface area contributed by atoms with Crippen LogP contribution in [0.4, 0.5) is 0 Å². The molecule has 0 aliphatic carbocycles. The lowest BCUT2D eigenvalue weighted by Crippen LogP contribution is -2.41. The fourth-order valence-electron chi connectivity index (χ4n) is 3.36. The first-order valence-corrected chi connectivity index (χ1v) is 8.35. The number of hydrogen-bond donors (Lipinski definition) is 0. The number of para-hydroxylation sites is 1. The Morgan fingerprint density at radius 3 is 2.74 bits per heavy atom. The first kappa shape index (κ1) is 15.8. The van der Waals surface area contributed by atoms with Crippen molar-refractivity contribution in [3.63, 3.8) is 0 Å². The summed E-state index contributed by atoms with van der Waals surface area (Å²) in [5, 5.41) is 0. The zero-order valence-corrected chi connectivity index (χ0v) is 13.5. The van der Waals surface area contributed by atoms with Gasteiger partial charge in [-0.2, -0.15) is 0 Å². The molecule has 0 N–H and O–H groups in total. The van der Waals surface area contributed by atoms with Gasteiger partial charge in [-0.1, -0.05) is 18.2 Å². The van der Waals surface area contributed by atoms with Crippen molar-refractivity contribution in [3.05, 3.63) is 29.8 Å². The highest BCUT2D eigenvalue weighted by Crippen LogP contribution is 2.36. The van der Waals surface area contributed by atoms with E-state index in [9.17, 15) is 9.59 Å². The second-order valence-corrected chi connectivity index (χ2v) is 6.16. The molecule has 1 fully saturated rings. The lowest BCUT2D eigenvalue weighted by atomic mass is 9.94. The van der Waals surface area contributed by atoms with Crippen molar-refractivity contribution in [2.75, 3.05) is 26.3 Å². The Balaban J connectivity index is 1.52. The standard InChI is InChI=1S/C18H23NO4/c1-2-22-18(21)13-7-9-19(10-8-13)17(20)11-14-12-23-16-6-4-3-5-15(14)16/h3-6,13-14H,2,7-12H2,1H3. The Labute approximate surface area is 136 Å². The number of fused-ring (bicyclic) bond motifs is 1. The summed E-state index contributed by atoms with van der Waals surface area (Å²) < 4.78 is 10.7. The lowest BCUT2D eigenvalue weighted by Gasteiger charge is -2.31. The summed E-state index contributed by atoms with van der Waals surface area (Å²) in [5.74, 6) is 0.998. The summed E-state index contributed by atoms with van der Waals surface area (Å²) >= 11 is 0. The van der Waals surface area contributed by atoms with E-state index in [1.807, 2.05) is 36.1 Å². The van der Waals surface area contributed by atoms with Crippen LogP contribution in [0.3, 0.4) is 0 Å². The maximum absolute atomic E-state index is 12.5. The van der Waals surface area contributed by atoms with Crippen molar-refractivity contribution < 1.29 is 19.1 Å². The molecule has 2 aliphatic rings. The molecule has 0 bridgehead atoms. The number of nitrogens with zero attached hydrogens (tertiary/aromatic N) is 1. The summed E-state index contributed by atoms with van der Waals surface area (Å²) in [6, 6.07) is 7.91. The number of esters is 1. The van der Waals surface area contributed by atoms with E-state index in [1.165, 1.54) is 0 Å². The van der Waals surface area contributed by atoms with E-state index < -0.39 is 0 Å². The van der Waals surface area contributed by atoms with Crippen LogP contribution in [0.2, 0.25) is 0 Å². The van der Waals surface area contributed by atoms with Gasteiger partial charge in [-0.05, 0) is 25.8 Å². The van der Waals surface area contributed by atoms with Crippen molar-refractivity contribution >= 4 is 11.9 Å². The van der Waals surface area contributed by atoms with Gasteiger partial charge < -0.3 is 14.4 Å². The molecule has 1 atom stereocenters. The fourth-order valence-corrected chi connectivity index (χ4v) is 3.36. The monoisotopic (exact) mass is 317 g/mol. The Bertz CT molecular complexity index is 578. The van der Waals surface area contributed by atoms with E-state index in [4.69, 9.17) is 9.47 Å². The van der Waals surface area contributed by atoms with Crippen LogP contribution in [0, 0.1) is 5.92 Å². The van der Waals surface area contributed by atoms with Crippen LogP contribution in [0.1, 0.15) is 37.7 Å². The van der Waals surface area contributed by atoms with Crippen LogP contribution >= 0.6 is 0 Å². The number of rotatable bonds is 4. The van der Waals surface area contributed by atoms with E-state index in [0.717, 1.165) is 11.3 Å². The summed E-state index contributed by atoms with van der Waals surface area (Å²) in [6.07, 6.45) is 1.87. The molecule has 124 valence electrons. The molecule has 1 saturated heterocycles. The fraction of sp³-hybridized carbons (Fsp3) is 0.556. The van der Waals surface area contributed by atoms with Crippen LogP contribution < -0.4 is 4.74 Å². The van der Waals surface area contributed by atoms with Gasteiger partial charge in [-0.3, -0.25) is 9.59 Å². The highest BCUT2D eigenvalue weighted by Gasteiger charge is 2.31. The smallest absolute Gasteiger partial charge is 0.309 e. The number of benzene rings is 1. The Kier molecular flexibility index (Phi) is 4.84. The molecule has 1 aromatic carbocycles. The van der Waals surface area contributed by atoms with Gasteiger partial charge in [0.15, 0.2) is 0 Å². The largest absolute Gasteiger partial charge is 0.493 e. The minimum Gasteiger partial charge on any atom is -0.493 e. The van der Waals surface area contributed by atoms with Gasteiger partial charge in [0.25, 0.3) is 0 Å². The van der Waals surface area contributed by atoms with Crippen LogP contribution in [0.5, 0.6) is 5.75 Å². The van der Waals surface area contributed by atoms with Crippen molar-refractivity contribution in [2.24, 2.45) is 5.92 Å². The maximum atomic E-state index is 12.5. The summed E-state index contributed by atoms with van der Waals surface area (Å²) in [4.78, 5) is 26.1. The molecule has 0 aromatic heterocycles. The molecule has 0 spiro atoms. The predicted octanol–water partition coefficient (Wildman–Crippen LogP) is 2.35. The summed E-state index contributed by atoms with van der Waals surface area (Å²) in [7, 11) is 0. The van der Waals surface area contributed by atoms with Crippen LogP contribution in [-0.2, 0) is 14.3 Å². The topological polar surface area (TPSA) is 55.8 Å². The van der Waals surface area contributed by atoms with Crippen LogP contribution in [0.25, 0.3) is 0 Å². The van der Waals surface area contributed by atoms with Gasteiger partial charge in [-0.15, -0.1) is 0 Å². The number of carbonyl (C=O) groups excluding carboxylic acids is 2. The Morgan fingerprint density at radius 1 is 1.26 bits per heavy atom. The second-order valence-electron chi connectivity index (χ2n) is 6.16. The average Bonchev–Trinajstić information content (AvgIpc) is 2.98. The molecule has 5 heteroatoms. The van der Waals surface area contributed by atoms with Gasteiger partial charge in [0.05, 0.1) is 19.1 Å². The SMILES string of the molecule is CCOC(=O)C1CCN(C(=O)CC2COc3ccccc32)CC1. The third kappa shape index (κ3) is 3.49. The molecule has 0 radical (unpaired) electrons. The molecule has 0 saturated carbocycles. The molecule has 1 aromatic rings. The molecular formula is C18H23NO4. The van der Waals surface area contributed by atoms with Crippen LogP contribution in [0.15, 0.2) is 24.3 Å². The number of amides is 1. The number of hydrogen-bond acceptors (Lipinski definition) is 4. The van der Waals surface area contributed by atoms with E-state index in [-0.39, 0.29) is 23.7 Å². The number of carbonyl (C=O) groups is 2. The predicted molar refractivity (Wildman–Crippen MR) is 85.2 cm³/mol. The maximum Gasteiger partial charge on any atom is 0.309 e. The van der Waals surface area contributed by atoms with E-state index in [0.29, 0.717) is 45.6 Å². The summed E-state index contributed by atoms with van der Waals surface area (Å²) in [5.41, 5.74) is 1.13. The lowest BCUT2D eigenvalue weighted by molar-refractivity contribution is -0.151. The van der Waals surface area contributed by atoms with E-state index >= 15 is 0 Å². The van der Waals surface area contributed by atoms with Gasteiger partial charge in [0.2, 0.25) is 5.91 Å². The first-order valence-electron chi connectivity index (χ1n) is 8.35. The Morgan fingerprint density at radius 2 is 2.00 bits per heavy atom. The molecule has 3 rings (SSSR count). The third-order valence-corrected chi connectivity index (χ3v) is 4.69. The van der Waals surface area contributed by atoms with Gasteiger partial charge in [-0.25, -0.2) is 0 Å². The highest BCUT2D eigenvalue weighted by molar-refractivity contribution is 5.78. The third-order valence-electron chi connectivity index (χ3n) is 4.69. The highest BCUT2D eigenvalue weighted by atomic mass is 16.5. The number of piperidine rings is 1. The Hall–Kier alpha value is -2.04. The molecule has 1 amide bonds. The van der Waals surface area contributed by atoms with Crippen molar-refractivity contribution in [1.29, 1.82) is 0 Å². The van der Waals surface area contributed by atoms with Gasteiger partial charge >= 0.3 is 5.97 Å². The van der Waals surface area contributed by atoms with Crippen molar-refractivity contribution in [1.82, 2.24) is 4.90 Å². The van der Waals surface area contributed by atoms with Gasteiger partial charge in [0.1, 0.15) is 5.75 Å².